The van der Waals surface area contributed by atoms with Gasteiger partial charge in [-0.05, 0) is 25.7 Å². The smallest absolute Gasteiger partial charge is 0.153 e. The molecule has 1 heterocycles. The van der Waals surface area contributed by atoms with Crippen LogP contribution in [-0.4, -0.2) is 50.0 Å². The van der Waals surface area contributed by atoms with Crippen LogP contribution in [0.15, 0.2) is 0 Å². The lowest BCUT2D eigenvalue weighted by atomic mass is 9.94. The van der Waals surface area contributed by atoms with Gasteiger partial charge in [0.05, 0.1) is 11.5 Å². The highest BCUT2D eigenvalue weighted by molar-refractivity contribution is 7.91. The minimum absolute atomic E-state index is 0.152. The number of sulfone groups is 1. The molecule has 3 unspecified atom stereocenters. The van der Waals surface area contributed by atoms with Gasteiger partial charge in [-0.2, -0.15) is 0 Å². The van der Waals surface area contributed by atoms with Crippen molar-refractivity contribution in [2.24, 2.45) is 11.7 Å². The molecule has 1 aliphatic heterocycles. The molecule has 0 aromatic carbocycles. The van der Waals surface area contributed by atoms with E-state index in [1.54, 1.807) is 0 Å². The van der Waals surface area contributed by atoms with E-state index in [0.717, 1.165) is 13.0 Å². The number of rotatable bonds is 2. The molecular formula is C13H26N2O2S. The van der Waals surface area contributed by atoms with Crippen LogP contribution < -0.4 is 5.73 Å². The first-order valence-corrected chi connectivity index (χ1v) is 9.00. The average Bonchev–Trinajstić information content (AvgIpc) is 2.47. The Morgan fingerprint density at radius 3 is 2.67 bits per heavy atom. The van der Waals surface area contributed by atoms with Gasteiger partial charge >= 0.3 is 0 Å². The van der Waals surface area contributed by atoms with E-state index in [4.69, 9.17) is 5.73 Å². The maximum atomic E-state index is 11.6. The predicted octanol–water partition coefficient (Wildman–Crippen LogP) is 1.01. The van der Waals surface area contributed by atoms with E-state index in [2.05, 4.69) is 4.90 Å². The standard InChI is InChI=1S/C13H26N2O2S/c1-11-10-18(16,17)8-7-15(11)9-12-5-3-2-4-6-13(12)14/h11-13H,2-10,14H2,1H3. The summed E-state index contributed by atoms with van der Waals surface area (Å²) in [6.45, 7) is 3.70. The van der Waals surface area contributed by atoms with E-state index in [0.29, 0.717) is 30.0 Å². The van der Waals surface area contributed by atoms with Gasteiger partial charge in [0.2, 0.25) is 0 Å². The minimum atomic E-state index is -2.80. The molecule has 0 aromatic heterocycles. The van der Waals surface area contributed by atoms with E-state index in [1.165, 1.54) is 25.7 Å². The predicted molar refractivity (Wildman–Crippen MR) is 74.2 cm³/mol. The summed E-state index contributed by atoms with van der Waals surface area (Å²) in [4.78, 5) is 2.33. The zero-order valence-corrected chi connectivity index (χ0v) is 12.2. The average molecular weight is 274 g/mol. The summed E-state index contributed by atoms with van der Waals surface area (Å²) < 4.78 is 23.1. The topological polar surface area (TPSA) is 63.4 Å². The molecule has 2 fully saturated rings. The largest absolute Gasteiger partial charge is 0.327 e. The van der Waals surface area contributed by atoms with E-state index in [1.807, 2.05) is 6.92 Å². The van der Waals surface area contributed by atoms with Crippen LogP contribution in [0, 0.1) is 5.92 Å². The van der Waals surface area contributed by atoms with Crippen LogP contribution in [0.2, 0.25) is 0 Å². The Morgan fingerprint density at radius 2 is 1.94 bits per heavy atom. The third-order valence-electron chi connectivity index (χ3n) is 4.49. The lowest BCUT2D eigenvalue weighted by molar-refractivity contribution is 0.174. The van der Waals surface area contributed by atoms with Gasteiger partial charge < -0.3 is 5.73 Å². The normalized spacial score (nSPS) is 38.2. The van der Waals surface area contributed by atoms with Gasteiger partial charge in [0.25, 0.3) is 0 Å². The molecule has 2 N–H and O–H groups in total. The molecule has 5 heteroatoms. The quantitative estimate of drug-likeness (QED) is 0.764. The minimum Gasteiger partial charge on any atom is -0.327 e. The molecule has 1 saturated heterocycles. The van der Waals surface area contributed by atoms with Crippen molar-refractivity contribution in [3.63, 3.8) is 0 Å². The highest BCUT2D eigenvalue weighted by atomic mass is 32.2. The van der Waals surface area contributed by atoms with Crippen molar-refractivity contribution in [3.05, 3.63) is 0 Å². The summed E-state index contributed by atoms with van der Waals surface area (Å²) in [6.07, 6.45) is 6.16. The number of nitrogens with two attached hydrogens (primary N) is 1. The molecule has 1 aliphatic carbocycles. The molecule has 0 aromatic rings. The van der Waals surface area contributed by atoms with Crippen molar-refractivity contribution < 1.29 is 8.42 Å². The van der Waals surface area contributed by atoms with Gasteiger partial charge in [0.15, 0.2) is 9.84 Å². The summed E-state index contributed by atoms with van der Waals surface area (Å²) in [7, 11) is -2.80. The summed E-state index contributed by atoms with van der Waals surface area (Å²) in [5, 5.41) is 0. The first-order chi connectivity index (χ1) is 8.48. The van der Waals surface area contributed by atoms with E-state index in [9.17, 15) is 8.42 Å². The van der Waals surface area contributed by atoms with E-state index >= 15 is 0 Å². The van der Waals surface area contributed by atoms with Crippen molar-refractivity contribution in [2.45, 2.75) is 51.1 Å². The summed E-state index contributed by atoms with van der Waals surface area (Å²) in [5.74, 6) is 1.18. The lowest BCUT2D eigenvalue weighted by Gasteiger charge is -2.36. The first kappa shape index (κ1) is 14.3. The molecule has 3 atom stereocenters. The SMILES string of the molecule is CC1CS(=O)(=O)CCN1CC1CCCCCC1N. The molecule has 2 rings (SSSR count). The second kappa shape index (κ2) is 5.88. The molecule has 0 bridgehead atoms. The monoisotopic (exact) mass is 274 g/mol. The Morgan fingerprint density at radius 1 is 1.22 bits per heavy atom. The van der Waals surface area contributed by atoms with Crippen LogP contribution in [0.4, 0.5) is 0 Å². The second-order valence-electron chi connectivity index (χ2n) is 6.02. The Labute approximate surface area is 111 Å². The van der Waals surface area contributed by atoms with Gasteiger partial charge in [-0.3, -0.25) is 4.90 Å². The van der Waals surface area contributed by atoms with Gasteiger partial charge in [-0.15, -0.1) is 0 Å². The molecule has 106 valence electrons. The van der Waals surface area contributed by atoms with Crippen molar-refractivity contribution in [1.82, 2.24) is 4.90 Å². The fourth-order valence-corrected chi connectivity index (χ4v) is 4.87. The van der Waals surface area contributed by atoms with Crippen LogP contribution in [-0.2, 0) is 9.84 Å². The summed E-state index contributed by atoms with van der Waals surface area (Å²) in [6, 6.07) is 0.456. The van der Waals surface area contributed by atoms with Gasteiger partial charge in [0.1, 0.15) is 0 Å². The summed E-state index contributed by atoms with van der Waals surface area (Å²) in [5.41, 5.74) is 6.25. The number of hydrogen-bond acceptors (Lipinski definition) is 4. The van der Waals surface area contributed by atoms with Gasteiger partial charge in [-0.1, -0.05) is 19.3 Å². The van der Waals surface area contributed by atoms with Crippen molar-refractivity contribution in [2.75, 3.05) is 24.6 Å². The van der Waals surface area contributed by atoms with Crippen LogP contribution in [0.5, 0.6) is 0 Å². The van der Waals surface area contributed by atoms with Crippen LogP contribution in [0.1, 0.15) is 39.0 Å². The second-order valence-corrected chi connectivity index (χ2v) is 8.25. The zero-order chi connectivity index (χ0) is 13.2. The molecule has 0 spiro atoms. The Balaban J connectivity index is 1.92. The number of nitrogens with zero attached hydrogens (tertiary/aromatic N) is 1. The third-order valence-corrected chi connectivity index (χ3v) is 6.29. The van der Waals surface area contributed by atoms with E-state index < -0.39 is 9.84 Å². The lowest BCUT2D eigenvalue weighted by Crippen LogP contribution is -2.50. The molecule has 0 radical (unpaired) electrons. The van der Waals surface area contributed by atoms with Crippen molar-refractivity contribution in [3.8, 4) is 0 Å². The van der Waals surface area contributed by atoms with Crippen LogP contribution in [0.25, 0.3) is 0 Å². The van der Waals surface area contributed by atoms with Gasteiger partial charge in [0, 0.05) is 25.2 Å². The van der Waals surface area contributed by atoms with Crippen LogP contribution in [0.3, 0.4) is 0 Å². The van der Waals surface area contributed by atoms with E-state index in [-0.39, 0.29) is 6.04 Å². The maximum Gasteiger partial charge on any atom is 0.153 e. The highest BCUT2D eigenvalue weighted by Crippen LogP contribution is 2.24. The zero-order valence-electron chi connectivity index (χ0n) is 11.3. The Bertz CT molecular complexity index is 369. The molecular weight excluding hydrogens is 248 g/mol. The summed E-state index contributed by atoms with van der Waals surface area (Å²) >= 11 is 0. The fraction of sp³-hybridized carbons (Fsp3) is 1.00. The first-order valence-electron chi connectivity index (χ1n) is 7.18. The molecule has 4 nitrogen and oxygen atoms in total. The number of hydrogen-bond donors (Lipinski definition) is 1. The molecule has 1 saturated carbocycles. The van der Waals surface area contributed by atoms with Gasteiger partial charge in [-0.25, -0.2) is 8.42 Å². The Kier molecular flexibility index (Phi) is 4.67. The van der Waals surface area contributed by atoms with Crippen LogP contribution >= 0.6 is 0 Å². The highest BCUT2D eigenvalue weighted by Gasteiger charge is 2.31. The molecule has 0 amide bonds. The Hall–Kier alpha value is -0.130. The van der Waals surface area contributed by atoms with Crippen molar-refractivity contribution in [1.29, 1.82) is 0 Å². The molecule has 2 aliphatic rings. The molecule has 18 heavy (non-hydrogen) atoms. The maximum absolute atomic E-state index is 11.6. The third kappa shape index (κ3) is 3.68. The fourth-order valence-electron chi connectivity index (χ4n) is 3.25. The van der Waals surface area contributed by atoms with Crippen molar-refractivity contribution >= 4 is 9.84 Å².